The second kappa shape index (κ2) is 12.3. The van der Waals surface area contributed by atoms with Crippen molar-refractivity contribution in [1.82, 2.24) is 25.4 Å². The Hall–Kier alpha value is -2.22. The minimum absolute atomic E-state index is 0.454. The monoisotopic (exact) mass is 404 g/mol. The first-order valence-electron chi connectivity index (χ1n) is 9.82. The molecule has 0 saturated heterocycles. The molecule has 0 spiro atoms. The first kappa shape index (κ1) is 22.1. The van der Waals surface area contributed by atoms with Crippen LogP contribution in [-0.2, 0) is 13.0 Å². The molecule has 2 N–H and O–H groups in total. The van der Waals surface area contributed by atoms with Crippen LogP contribution in [0, 0.1) is 5.92 Å². The fourth-order valence-corrected chi connectivity index (χ4v) is 3.68. The maximum absolute atomic E-state index is 5.42. The van der Waals surface area contributed by atoms with Gasteiger partial charge in [0.05, 0.1) is 7.11 Å². The third-order valence-corrected chi connectivity index (χ3v) is 5.54. The lowest BCUT2D eigenvalue weighted by atomic mass is 10.2. The molecule has 2 rings (SSSR count). The molecule has 1 unspecified atom stereocenters. The average molecular weight is 405 g/mol. The highest BCUT2D eigenvalue weighted by Gasteiger charge is 2.08. The summed E-state index contributed by atoms with van der Waals surface area (Å²) < 4.78 is 7.49. The van der Waals surface area contributed by atoms with Crippen molar-refractivity contribution in [2.75, 3.05) is 32.5 Å². The Morgan fingerprint density at radius 1 is 1.29 bits per heavy atom. The van der Waals surface area contributed by atoms with Crippen molar-refractivity contribution in [2.45, 2.75) is 38.6 Å². The highest BCUT2D eigenvalue weighted by molar-refractivity contribution is 7.99. The molecule has 0 aliphatic rings. The van der Waals surface area contributed by atoms with Crippen LogP contribution in [0.3, 0.4) is 0 Å². The summed E-state index contributed by atoms with van der Waals surface area (Å²) in [5.74, 6) is 4.23. The van der Waals surface area contributed by atoms with E-state index >= 15 is 0 Å². The maximum atomic E-state index is 5.42. The summed E-state index contributed by atoms with van der Waals surface area (Å²) in [6.07, 6.45) is 2.66. The van der Waals surface area contributed by atoms with Gasteiger partial charge in [0.2, 0.25) is 0 Å². The minimum atomic E-state index is 0.454. The number of rotatable bonds is 11. The molecule has 1 aromatic carbocycles. The van der Waals surface area contributed by atoms with Crippen molar-refractivity contribution < 1.29 is 4.74 Å². The summed E-state index contributed by atoms with van der Waals surface area (Å²) in [6.45, 7) is 9.59. The van der Waals surface area contributed by atoms with Crippen molar-refractivity contribution in [1.29, 1.82) is 0 Å². The number of hydrogen-bond acceptors (Lipinski definition) is 5. The van der Waals surface area contributed by atoms with E-state index in [1.165, 1.54) is 4.90 Å². The highest BCUT2D eigenvalue weighted by atomic mass is 32.2. The van der Waals surface area contributed by atoms with Crippen LogP contribution in [0.5, 0.6) is 5.75 Å². The van der Waals surface area contributed by atoms with Gasteiger partial charge in [-0.25, -0.2) is 0 Å². The molecule has 1 aromatic heterocycles. The number of nitrogens with zero attached hydrogens (tertiary/aromatic N) is 4. The number of guanidine groups is 1. The maximum Gasteiger partial charge on any atom is 0.191 e. The average Bonchev–Trinajstić information content (AvgIpc) is 3.18. The van der Waals surface area contributed by atoms with Gasteiger partial charge >= 0.3 is 0 Å². The Balaban J connectivity index is 1.80. The summed E-state index contributed by atoms with van der Waals surface area (Å²) in [5, 5.41) is 14.8. The first-order chi connectivity index (χ1) is 13.7. The molecule has 7 nitrogen and oxygen atoms in total. The van der Waals surface area contributed by atoms with Gasteiger partial charge in [-0.3, -0.25) is 4.99 Å². The third-order valence-electron chi connectivity index (χ3n) is 4.15. The van der Waals surface area contributed by atoms with E-state index in [0.717, 1.165) is 55.9 Å². The van der Waals surface area contributed by atoms with Crippen molar-refractivity contribution in [3.05, 3.63) is 36.4 Å². The summed E-state index contributed by atoms with van der Waals surface area (Å²) in [7, 11) is 1.71. The van der Waals surface area contributed by atoms with Crippen LogP contribution in [0.15, 0.2) is 40.5 Å². The molecule has 1 heterocycles. The lowest BCUT2D eigenvalue weighted by molar-refractivity contribution is 0.405. The number of aromatic nitrogens is 3. The second-order valence-electron chi connectivity index (χ2n) is 6.51. The van der Waals surface area contributed by atoms with Gasteiger partial charge in [-0.05, 0) is 25.0 Å². The first-order valence-corrected chi connectivity index (χ1v) is 10.8. The lowest BCUT2D eigenvalue weighted by Crippen LogP contribution is -2.39. The minimum Gasteiger partial charge on any atom is -0.496 e. The van der Waals surface area contributed by atoms with E-state index in [1.54, 1.807) is 13.4 Å². The van der Waals surface area contributed by atoms with Crippen LogP contribution in [0.25, 0.3) is 0 Å². The van der Waals surface area contributed by atoms with Crippen LogP contribution in [0.2, 0.25) is 0 Å². The molecule has 0 aliphatic carbocycles. The van der Waals surface area contributed by atoms with Gasteiger partial charge in [-0.1, -0.05) is 26.0 Å². The predicted molar refractivity (Wildman–Crippen MR) is 116 cm³/mol. The highest BCUT2D eigenvalue weighted by Crippen LogP contribution is 2.29. The molecule has 0 saturated carbocycles. The van der Waals surface area contributed by atoms with E-state index in [-0.39, 0.29) is 0 Å². The number of para-hydroxylation sites is 1. The van der Waals surface area contributed by atoms with Gasteiger partial charge < -0.3 is 19.9 Å². The number of methoxy groups -OCH3 is 1. The van der Waals surface area contributed by atoms with Gasteiger partial charge in [-0.2, -0.15) is 0 Å². The van der Waals surface area contributed by atoms with E-state index in [0.29, 0.717) is 5.92 Å². The molecule has 8 heteroatoms. The number of hydrogen-bond donors (Lipinski definition) is 2. The second-order valence-corrected chi connectivity index (χ2v) is 7.57. The van der Waals surface area contributed by atoms with Crippen LogP contribution >= 0.6 is 11.8 Å². The molecule has 154 valence electrons. The molecular weight excluding hydrogens is 372 g/mol. The molecule has 0 bridgehead atoms. The number of aliphatic imine (C=N–C) groups is 1. The van der Waals surface area contributed by atoms with E-state index in [4.69, 9.17) is 9.73 Å². The van der Waals surface area contributed by atoms with E-state index in [1.807, 2.05) is 30.0 Å². The fraction of sp³-hybridized carbons (Fsp3) is 0.550. The number of aryl methyl sites for hydroxylation is 1. The number of benzene rings is 1. The van der Waals surface area contributed by atoms with Crippen LogP contribution < -0.4 is 15.4 Å². The molecule has 0 amide bonds. The molecule has 2 aromatic rings. The molecular formula is C20H32N6OS. The topological polar surface area (TPSA) is 76.4 Å². The van der Waals surface area contributed by atoms with E-state index in [9.17, 15) is 0 Å². The van der Waals surface area contributed by atoms with Gasteiger partial charge in [-0.15, -0.1) is 22.0 Å². The molecule has 0 aliphatic heterocycles. The number of nitrogens with one attached hydrogen (secondary N) is 2. The summed E-state index contributed by atoms with van der Waals surface area (Å²) >= 11 is 1.81. The zero-order chi connectivity index (χ0) is 20.2. The SMILES string of the molecule is CCNC(=NCC(C)CSc1ccccc1OC)NCCn1cnnc1CC. The quantitative estimate of drug-likeness (QED) is 0.341. The van der Waals surface area contributed by atoms with Crippen molar-refractivity contribution in [2.24, 2.45) is 10.9 Å². The van der Waals surface area contributed by atoms with E-state index in [2.05, 4.69) is 52.2 Å². The van der Waals surface area contributed by atoms with Crippen LogP contribution in [0.4, 0.5) is 0 Å². The van der Waals surface area contributed by atoms with Crippen molar-refractivity contribution in [3.63, 3.8) is 0 Å². The van der Waals surface area contributed by atoms with Crippen molar-refractivity contribution >= 4 is 17.7 Å². The molecule has 1 atom stereocenters. The van der Waals surface area contributed by atoms with Gasteiger partial charge in [0.1, 0.15) is 17.9 Å². The Labute approximate surface area is 172 Å². The zero-order valence-electron chi connectivity index (χ0n) is 17.3. The van der Waals surface area contributed by atoms with Gasteiger partial charge in [0.25, 0.3) is 0 Å². The summed E-state index contributed by atoms with van der Waals surface area (Å²) in [5.41, 5.74) is 0. The van der Waals surface area contributed by atoms with Crippen LogP contribution in [0.1, 0.15) is 26.6 Å². The molecule has 0 radical (unpaired) electrons. The normalized spacial score (nSPS) is 12.6. The number of thioether (sulfide) groups is 1. The molecule has 0 fully saturated rings. The Kier molecular flexibility index (Phi) is 9.68. The smallest absolute Gasteiger partial charge is 0.191 e. The standard InChI is InChI=1S/C20H32N6OS/c1-5-19-25-24-15-26(19)12-11-22-20(21-6-2)23-13-16(3)14-28-18-10-8-7-9-17(18)27-4/h7-10,15-16H,5-6,11-14H2,1-4H3,(H2,21,22,23). The predicted octanol–water partition coefficient (Wildman–Crippen LogP) is 2.83. The Morgan fingerprint density at radius 2 is 2.11 bits per heavy atom. The van der Waals surface area contributed by atoms with Gasteiger partial charge in [0.15, 0.2) is 5.96 Å². The largest absolute Gasteiger partial charge is 0.496 e. The Bertz CT molecular complexity index is 733. The van der Waals surface area contributed by atoms with E-state index < -0.39 is 0 Å². The molecule has 28 heavy (non-hydrogen) atoms. The van der Waals surface area contributed by atoms with Crippen molar-refractivity contribution in [3.8, 4) is 5.75 Å². The van der Waals surface area contributed by atoms with Gasteiger partial charge in [0, 0.05) is 43.2 Å². The zero-order valence-corrected chi connectivity index (χ0v) is 18.1. The third kappa shape index (κ3) is 7.07. The number of ether oxygens (including phenoxy) is 1. The summed E-state index contributed by atoms with van der Waals surface area (Å²) in [6, 6.07) is 8.13. The fourth-order valence-electron chi connectivity index (χ4n) is 2.65. The Morgan fingerprint density at radius 3 is 2.86 bits per heavy atom. The summed E-state index contributed by atoms with van der Waals surface area (Å²) in [4.78, 5) is 5.91. The van der Waals surface area contributed by atoms with Crippen LogP contribution in [-0.4, -0.2) is 53.2 Å². The lowest BCUT2D eigenvalue weighted by Gasteiger charge is -2.14.